The summed E-state index contributed by atoms with van der Waals surface area (Å²) in [6, 6.07) is 2.82. The predicted octanol–water partition coefficient (Wildman–Crippen LogP) is 1.86. The third kappa shape index (κ3) is 3.58. The average molecular weight is 289 g/mol. The van der Waals surface area contributed by atoms with Crippen molar-refractivity contribution in [2.24, 2.45) is 0 Å². The number of rotatable bonds is 4. The molecule has 0 radical (unpaired) electrons. The first-order valence-electron chi connectivity index (χ1n) is 4.49. The van der Waals surface area contributed by atoms with Crippen LogP contribution in [-0.2, 0) is 16.0 Å². The summed E-state index contributed by atoms with van der Waals surface area (Å²) >= 11 is 3.11. The number of esters is 1. The summed E-state index contributed by atoms with van der Waals surface area (Å²) in [6.45, 7) is 1.96. The molecule has 0 bridgehead atoms. The fourth-order valence-corrected chi connectivity index (χ4v) is 1.55. The van der Waals surface area contributed by atoms with E-state index in [1.807, 2.05) is 0 Å². The third-order valence-corrected chi connectivity index (χ3v) is 2.11. The van der Waals surface area contributed by atoms with Crippen molar-refractivity contribution < 1.29 is 14.5 Å². The number of pyridine rings is 1. The Morgan fingerprint density at radius 1 is 1.62 bits per heavy atom. The molecule has 0 saturated carbocycles. The Hall–Kier alpha value is -1.50. The Kier molecular flexibility index (Phi) is 4.36. The molecule has 0 N–H and O–H groups in total. The van der Waals surface area contributed by atoms with Crippen LogP contribution in [0.25, 0.3) is 0 Å². The molecule has 16 heavy (non-hydrogen) atoms. The normalized spacial score (nSPS) is 9.88. The second-order valence-electron chi connectivity index (χ2n) is 2.87. The number of carbonyl (C=O) groups is 1. The molecule has 0 amide bonds. The molecule has 0 saturated heterocycles. The highest BCUT2D eigenvalue weighted by atomic mass is 79.9. The lowest BCUT2D eigenvalue weighted by atomic mass is 10.3. The smallest absolute Gasteiger partial charge is 0.364 e. The Bertz CT molecular complexity index is 422. The van der Waals surface area contributed by atoms with Gasteiger partial charge in [0.15, 0.2) is 5.69 Å². The Morgan fingerprint density at radius 2 is 2.31 bits per heavy atom. The van der Waals surface area contributed by atoms with Crippen LogP contribution in [0.15, 0.2) is 16.6 Å². The summed E-state index contributed by atoms with van der Waals surface area (Å²) in [4.78, 5) is 24.8. The third-order valence-electron chi connectivity index (χ3n) is 1.65. The molecule has 1 aromatic heterocycles. The number of nitrogens with zero attached hydrogens (tertiary/aromatic N) is 2. The van der Waals surface area contributed by atoms with Gasteiger partial charge in [0, 0.05) is 10.5 Å². The molecule has 0 aliphatic heterocycles. The van der Waals surface area contributed by atoms with Crippen molar-refractivity contribution in [3.63, 3.8) is 0 Å². The van der Waals surface area contributed by atoms with Gasteiger partial charge in [-0.05, 0) is 16.8 Å². The molecule has 0 aliphatic rings. The van der Waals surface area contributed by atoms with E-state index in [9.17, 15) is 14.9 Å². The van der Waals surface area contributed by atoms with Crippen LogP contribution in [0.4, 0.5) is 5.82 Å². The van der Waals surface area contributed by atoms with Gasteiger partial charge < -0.3 is 14.9 Å². The fourth-order valence-electron chi connectivity index (χ4n) is 1.08. The van der Waals surface area contributed by atoms with Gasteiger partial charge in [-0.15, -0.1) is 0 Å². The average Bonchev–Trinajstić information content (AvgIpc) is 2.16. The van der Waals surface area contributed by atoms with Crippen molar-refractivity contribution in [1.82, 2.24) is 4.98 Å². The number of ether oxygens (including phenoxy) is 1. The summed E-state index contributed by atoms with van der Waals surface area (Å²) in [5, 5.41) is 10.5. The van der Waals surface area contributed by atoms with E-state index in [0.29, 0.717) is 10.2 Å². The van der Waals surface area contributed by atoms with Crippen LogP contribution in [0.5, 0.6) is 0 Å². The van der Waals surface area contributed by atoms with Crippen LogP contribution in [-0.4, -0.2) is 22.5 Å². The molecule has 0 aliphatic carbocycles. The lowest BCUT2D eigenvalue weighted by Crippen LogP contribution is -2.09. The summed E-state index contributed by atoms with van der Waals surface area (Å²) < 4.78 is 5.23. The first-order chi connectivity index (χ1) is 7.52. The van der Waals surface area contributed by atoms with E-state index < -0.39 is 10.9 Å². The van der Waals surface area contributed by atoms with E-state index in [2.05, 4.69) is 20.9 Å². The van der Waals surface area contributed by atoms with Gasteiger partial charge in [-0.1, -0.05) is 15.9 Å². The molecule has 6 nitrogen and oxygen atoms in total. The van der Waals surface area contributed by atoms with Crippen molar-refractivity contribution >= 4 is 27.7 Å². The van der Waals surface area contributed by atoms with Crippen molar-refractivity contribution in [3.8, 4) is 0 Å². The van der Waals surface area contributed by atoms with Crippen LogP contribution in [0.1, 0.15) is 12.6 Å². The quantitative estimate of drug-likeness (QED) is 0.480. The van der Waals surface area contributed by atoms with Crippen molar-refractivity contribution in [2.45, 2.75) is 13.3 Å². The molecule has 0 aromatic carbocycles. The first-order valence-corrected chi connectivity index (χ1v) is 5.28. The molecule has 0 spiro atoms. The summed E-state index contributed by atoms with van der Waals surface area (Å²) in [6.07, 6.45) is -0.0753. The van der Waals surface area contributed by atoms with Gasteiger partial charge in [0.1, 0.15) is 6.42 Å². The Balaban J connectivity index is 2.88. The minimum absolute atomic E-state index is 0.0753. The number of aromatic nitrogens is 1. The number of nitro groups is 1. The summed E-state index contributed by atoms with van der Waals surface area (Å²) in [7, 11) is 0. The number of hydrogen-bond donors (Lipinski definition) is 0. The fraction of sp³-hybridized carbons (Fsp3) is 0.333. The largest absolute Gasteiger partial charge is 0.466 e. The van der Waals surface area contributed by atoms with Crippen LogP contribution in [0.3, 0.4) is 0 Å². The van der Waals surface area contributed by atoms with Crippen molar-refractivity contribution in [1.29, 1.82) is 0 Å². The van der Waals surface area contributed by atoms with Gasteiger partial charge in [0.2, 0.25) is 0 Å². The van der Waals surface area contributed by atoms with Crippen LogP contribution in [0, 0.1) is 10.1 Å². The molecular formula is C9H9BrN2O4. The van der Waals surface area contributed by atoms with E-state index in [-0.39, 0.29) is 18.8 Å². The highest BCUT2D eigenvalue weighted by molar-refractivity contribution is 9.10. The van der Waals surface area contributed by atoms with Crippen molar-refractivity contribution in [3.05, 3.63) is 32.4 Å². The number of carbonyl (C=O) groups excluding carboxylic acids is 1. The maximum absolute atomic E-state index is 11.2. The summed E-state index contributed by atoms with van der Waals surface area (Å²) in [5.41, 5.74) is 0.305. The first kappa shape index (κ1) is 12.6. The minimum Gasteiger partial charge on any atom is -0.466 e. The Morgan fingerprint density at radius 3 is 2.88 bits per heavy atom. The monoisotopic (exact) mass is 288 g/mol. The van der Waals surface area contributed by atoms with Gasteiger partial charge >= 0.3 is 11.8 Å². The highest BCUT2D eigenvalue weighted by Gasteiger charge is 2.15. The SMILES string of the molecule is CCOC(=O)Cc1cc(Br)cc([N+](=O)[O-])n1. The van der Waals surface area contributed by atoms with Gasteiger partial charge in [0.25, 0.3) is 0 Å². The van der Waals surface area contributed by atoms with E-state index in [4.69, 9.17) is 4.74 Å². The zero-order valence-electron chi connectivity index (χ0n) is 8.47. The Labute approximate surface area is 99.9 Å². The van der Waals surface area contributed by atoms with E-state index >= 15 is 0 Å². The molecule has 0 unspecified atom stereocenters. The van der Waals surface area contributed by atoms with Crippen LogP contribution >= 0.6 is 15.9 Å². The molecule has 1 heterocycles. The van der Waals surface area contributed by atoms with Crippen LogP contribution < -0.4 is 0 Å². The van der Waals surface area contributed by atoms with Crippen LogP contribution in [0.2, 0.25) is 0 Å². The lowest BCUT2D eigenvalue weighted by molar-refractivity contribution is -0.389. The predicted molar refractivity (Wildman–Crippen MR) is 58.9 cm³/mol. The van der Waals surface area contributed by atoms with Gasteiger partial charge in [-0.3, -0.25) is 4.79 Å². The zero-order valence-corrected chi connectivity index (χ0v) is 10.1. The molecule has 7 heteroatoms. The zero-order chi connectivity index (χ0) is 12.1. The maximum atomic E-state index is 11.2. The van der Waals surface area contributed by atoms with Gasteiger partial charge in [-0.25, -0.2) is 0 Å². The molecule has 0 fully saturated rings. The van der Waals surface area contributed by atoms with Gasteiger partial charge in [0.05, 0.1) is 12.7 Å². The molecular weight excluding hydrogens is 280 g/mol. The molecule has 1 aromatic rings. The lowest BCUT2D eigenvalue weighted by Gasteiger charge is -1.99. The highest BCUT2D eigenvalue weighted by Crippen LogP contribution is 2.18. The number of hydrogen-bond acceptors (Lipinski definition) is 5. The summed E-state index contributed by atoms with van der Waals surface area (Å²) in [5.74, 6) is -0.754. The second kappa shape index (κ2) is 5.55. The molecule has 1 rings (SSSR count). The van der Waals surface area contributed by atoms with E-state index in [1.54, 1.807) is 13.0 Å². The topological polar surface area (TPSA) is 82.3 Å². The van der Waals surface area contributed by atoms with E-state index in [1.165, 1.54) is 6.07 Å². The number of halogens is 1. The minimum atomic E-state index is -0.612. The molecule has 86 valence electrons. The van der Waals surface area contributed by atoms with Crippen molar-refractivity contribution in [2.75, 3.05) is 6.61 Å². The van der Waals surface area contributed by atoms with E-state index in [0.717, 1.165) is 0 Å². The van der Waals surface area contributed by atoms with Gasteiger partial charge in [-0.2, -0.15) is 0 Å². The maximum Gasteiger partial charge on any atom is 0.364 e. The molecule has 0 atom stereocenters. The second-order valence-corrected chi connectivity index (χ2v) is 3.79. The standard InChI is InChI=1S/C9H9BrN2O4/c1-2-16-9(13)5-7-3-6(10)4-8(11-7)12(14)15/h3-4H,2,5H2,1H3.